The molecule has 1 amide bonds. The SMILES string of the molecule is C.C=C.C=Cc1cc(C(=O)Nc2ccc(S(=O)Nc3nc(C)cc(OC)n3)cc2)[nH]c1C=C.CC.CC.CF. The molecule has 0 spiro atoms. The van der Waals surface area contributed by atoms with Gasteiger partial charge in [0.1, 0.15) is 5.69 Å². The van der Waals surface area contributed by atoms with Crippen LogP contribution in [0, 0.1) is 6.92 Å². The summed E-state index contributed by atoms with van der Waals surface area (Å²) in [5.41, 5.74) is 3.15. The van der Waals surface area contributed by atoms with Crippen LogP contribution in [0.1, 0.15) is 62.6 Å². The number of anilines is 2. The maximum atomic E-state index is 12.6. The molecule has 0 saturated carbocycles. The van der Waals surface area contributed by atoms with E-state index < -0.39 is 11.0 Å². The fourth-order valence-corrected chi connectivity index (χ4v) is 3.40. The first-order chi connectivity index (χ1) is 18.4. The van der Waals surface area contributed by atoms with Crippen LogP contribution in [-0.2, 0) is 11.0 Å². The fourth-order valence-electron chi connectivity index (χ4n) is 2.64. The molecule has 0 bridgehead atoms. The highest BCUT2D eigenvalue weighted by molar-refractivity contribution is 7.86. The third-order valence-electron chi connectivity index (χ3n) is 4.10. The van der Waals surface area contributed by atoms with Crippen LogP contribution in [0.5, 0.6) is 5.88 Å². The van der Waals surface area contributed by atoms with Crippen molar-refractivity contribution in [2.45, 2.75) is 46.9 Å². The quantitative estimate of drug-likeness (QED) is 0.242. The average molecular weight is 562 g/mol. The van der Waals surface area contributed by atoms with E-state index in [2.05, 4.69) is 51.3 Å². The number of aromatic amines is 1. The molecule has 0 aliphatic rings. The van der Waals surface area contributed by atoms with Gasteiger partial charge >= 0.3 is 0 Å². The van der Waals surface area contributed by atoms with Gasteiger partial charge in [-0.1, -0.05) is 54.4 Å². The van der Waals surface area contributed by atoms with Crippen molar-refractivity contribution < 1.29 is 18.1 Å². The standard InChI is InChI=1S/C21H21N5O3S.2C2H6.C2H4.CH3F.CH4/c1-5-14-12-18(24-17(14)6-2)20(27)23-15-7-9-16(10-8-15)30(28)26-21-22-13(3)11-19(25-21)29-4;4*1-2;/h5-12,24H,1-2H2,3-4H3,(H,23,27)(H,22,25,26);2*1-2H3;1-2H2;1H3;1H4. The van der Waals surface area contributed by atoms with Gasteiger partial charge < -0.3 is 15.0 Å². The van der Waals surface area contributed by atoms with Gasteiger partial charge in [-0.3, -0.25) is 13.9 Å². The molecule has 3 N–H and O–H groups in total. The van der Waals surface area contributed by atoms with E-state index in [1.807, 2.05) is 27.7 Å². The molecule has 0 fully saturated rings. The molecule has 2 heterocycles. The fraction of sp³-hybridized carbons (Fsp3) is 0.276. The number of methoxy groups -OCH3 is 1. The van der Waals surface area contributed by atoms with E-state index in [1.165, 1.54) is 7.11 Å². The van der Waals surface area contributed by atoms with Gasteiger partial charge in [0, 0.05) is 23.1 Å². The van der Waals surface area contributed by atoms with E-state index in [-0.39, 0.29) is 19.3 Å². The zero-order chi connectivity index (χ0) is 29.7. The lowest BCUT2D eigenvalue weighted by Gasteiger charge is -2.08. The van der Waals surface area contributed by atoms with E-state index in [0.29, 0.717) is 35.0 Å². The van der Waals surface area contributed by atoms with Crippen LogP contribution in [0.15, 0.2) is 67.6 Å². The number of aromatic nitrogens is 3. The zero-order valence-corrected chi connectivity index (χ0v) is 24.2. The highest BCUT2D eigenvalue weighted by Gasteiger charge is 2.12. The average Bonchev–Trinajstić information content (AvgIpc) is 3.41. The number of benzene rings is 1. The lowest BCUT2D eigenvalue weighted by molar-refractivity contribution is 0.102. The monoisotopic (exact) mass is 561 g/mol. The van der Waals surface area contributed by atoms with E-state index in [1.54, 1.807) is 55.5 Å². The Balaban J connectivity index is -0.00000132. The van der Waals surface area contributed by atoms with Crippen LogP contribution >= 0.6 is 0 Å². The molecule has 10 heteroatoms. The number of amides is 1. The molecule has 1 atom stereocenters. The van der Waals surface area contributed by atoms with Gasteiger partial charge in [-0.05, 0) is 48.9 Å². The molecule has 1 aromatic carbocycles. The minimum Gasteiger partial charge on any atom is -0.481 e. The summed E-state index contributed by atoms with van der Waals surface area (Å²) in [6.45, 7) is 23.2. The highest BCUT2D eigenvalue weighted by atomic mass is 32.2. The summed E-state index contributed by atoms with van der Waals surface area (Å²) in [6.07, 6.45) is 3.27. The molecule has 2 aromatic heterocycles. The summed E-state index contributed by atoms with van der Waals surface area (Å²) in [7, 11) is 0.415. The molecule has 0 saturated heterocycles. The summed E-state index contributed by atoms with van der Waals surface area (Å²) in [5.74, 6) is 0.271. The van der Waals surface area contributed by atoms with Crippen molar-refractivity contribution in [1.82, 2.24) is 15.0 Å². The van der Waals surface area contributed by atoms with Crippen LogP contribution < -0.4 is 14.8 Å². The second kappa shape index (κ2) is 23.1. The first-order valence-electron chi connectivity index (χ1n) is 11.8. The van der Waals surface area contributed by atoms with Crippen LogP contribution in [0.25, 0.3) is 12.2 Å². The Morgan fingerprint density at radius 2 is 1.59 bits per heavy atom. The van der Waals surface area contributed by atoms with Crippen LogP contribution in [0.2, 0.25) is 0 Å². The van der Waals surface area contributed by atoms with Crippen molar-refractivity contribution in [3.63, 3.8) is 0 Å². The molecule has 3 aromatic rings. The van der Waals surface area contributed by atoms with Crippen LogP contribution in [0.3, 0.4) is 0 Å². The van der Waals surface area contributed by atoms with E-state index >= 15 is 0 Å². The zero-order valence-electron chi connectivity index (χ0n) is 23.4. The summed E-state index contributed by atoms with van der Waals surface area (Å²) >= 11 is 0. The van der Waals surface area contributed by atoms with Crippen molar-refractivity contribution in [3.8, 4) is 5.88 Å². The maximum absolute atomic E-state index is 12.6. The molecule has 216 valence electrons. The minimum absolute atomic E-state index is 0. The van der Waals surface area contributed by atoms with Gasteiger partial charge in [0.15, 0.2) is 11.0 Å². The van der Waals surface area contributed by atoms with Crippen LogP contribution in [-0.4, -0.2) is 39.4 Å². The molecule has 8 nitrogen and oxygen atoms in total. The number of alkyl halides is 1. The van der Waals surface area contributed by atoms with Gasteiger partial charge in [-0.15, -0.1) is 13.2 Å². The van der Waals surface area contributed by atoms with Gasteiger partial charge in [-0.2, -0.15) is 4.98 Å². The molecule has 0 aliphatic heterocycles. The predicted octanol–water partition coefficient (Wildman–Crippen LogP) is 7.87. The van der Waals surface area contributed by atoms with E-state index in [9.17, 15) is 13.4 Å². The Morgan fingerprint density at radius 1 is 1.03 bits per heavy atom. The maximum Gasteiger partial charge on any atom is 0.272 e. The molecule has 0 aliphatic carbocycles. The number of hydrogen-bond acceptors (Lipinski definition) is 5. The van der Waals surface area contributed by atoms with E-state index in [0.717, 1.165) is 11.3 Å². The summed E-state index contributed by atoms with van der Waals surface area (Å²) in [6, 6.07) is 9.98. The lowest BCUT2D eigenvalue weighted by Crippen LogP contribution is -2.13. The Labute approximate surface area is 236 Å². The first kappa shape index (κ1) is 39.5. The number of halogens is 1. The van der Waals surface area contributed by atoms with Gasteiger partial charge in [-0.25, -0.2) is 9.19 Å². The molecular weight excluding hydrogens is 517 g/mol. The number of carbonyl (C=O) groups is 1. The number of H-pyrrole nitrogens is 1. The smallest absolute Gasteiger partial charge is 0.272 e. The van der Waals surface area contributed by atoms with Crippen molar-refractivity contribution in [2.24, 2.45) is 0 Å². The highest BCUT2D eigenvalue weighted by Crippen LogP contribution is 2.18. The number of nitrogens with one attached hydrogen (secondary N) is 3. The second-order valence-corrected chi connectivity index (χ2v) is 7.40. The Hall–Kier alpha value is -4.05. The third-order valence-corrected chi connectivity index (χ3v) is 5.17. The number of carbonyl (C=O) groups excluding carboxylic acids is 1. The lowest BCUT2D eigenvalue weighted by atomic mass is 10.2. The molecule has 39 heavy (non-hydrogen) atoms. The normalized spacial score (nSPS) is 9.33. The van der Waals surface area contributed by atoms with Crippen molar-refractivity contribution in [1.29, 1.82) is 0 Å². The van der Waals surface area contributed by atoms with Crippen molar-refractivity contribution >= 4 is 40.7 Å². The number of aryl methyl sites for hydroxylation is 1. The Bertz CT molecular complexity index is 1120. The van der Waals surface area contributed by atoms with Crippen molar-refractivity contribution in [3.05, 3.63) is 85.4 Å². The van der Waals surface area contributed by atoms with Crippen LogP contribution in [0.4, 0.5) is 16.0 Å². The van der Waals surface area contributed by atoms with Gasteiger partial charge in [0.05, 0.1) is 19.2 Å². The second-order valence-electron chi connectivity index (χ2n) is 6.18. The molecule has 3 rings (SSSR count). The predicted molar refractivity (Wildman–Crippen MR) is 166 cm³/mol. The minimum atomic E-state index is -1.58. The van der Waals surface area contributed by atoms with Gasteiger partial charge in [0.2, 0.25) is 11.8 Å². The number of rotatable bonds is 8. The summed E-state index contributed by atoms with van der Waals surface area (Å²) in [4.78, 5) is 24.3. The number of hydrogen-bond donors (Lipinski definition) is 3. The third kappa shape index (κ3) is 12.8. The Morgan fingerprint density at radius 3 is 2.05 bits per heavy atom. The number of ether oxygens (including phenoxy) is 1. The van der Waals surface area contributed by atoms with E-state index in [4.69, 9.17) is 4.74 Å². The van der Waals surface area contributed by atoms with Crippen molar-refractivity contribution in [2.75, 3.05) is 24.3 Å². The first-order valence-corrected chi connectivity index (χ1v) is 12.9. The number of nitrogens with zero attached hydrogens (tertiary/aromatic N) is 2. The largest absolute Gasteiger partial charge is 0.481 e. The topological polar surface area (TPSA) is 109 Å². The molecular formula is C29H44FN5O3S. The summed E-state index contributed by atoms with van der Waals surface area (Å²) in [5, 5.41) is 2.79. The summed E-state index contributed by atoms with van der Waals surface area (Å²) < 4.78 is 29.9. The molecule has 0 radical (unpaired) electrons. The Kier molecular flexibility index (Phi) is 23.4. The van der Waals surface area contributed by atoms with Gasteiger partial charge in [0.25, 0.3) is 5.91 Å². The molecule has 1 unspecified atom stereocenters.